The van der Waals surface area contributed by atoms with Gasteiger partial charge in [-0.2, -0.15) is 0 Å². The molecule has 0 aliphatic carbocycles. The molecule has 2 aromatic rings. The Hall–Kier alpha value is -2.34. The normalized spacial score (nSPS) is 10.6. The van der Waals surface area contributed by atoms with Crippen LogP contribution in [0, 0.1) is 6.92 Å². The molecule has 0 fully saturated rings. The summed E-state index contributed by atoms with van der Waals surface area (Å²) in [6, 6.07) is 5.96. The van der Waals surface area contributed by atoms with E-state index in [9.17, 15) is 4.79 Å². The van der Waals surface area contributed by atoms with Gasteiger partial charge in [0, 0.05) is 25.4 Å². The fraction of sp³-hybridized carbons (Fsp3) is 0.412. The maximum atomic E-state index is 12.4. The molecule has 2 N–H and O–H groups in total. The van der Waals surface area contributed by atoms with Gasteiger partial charge >= 0.3 is 0 Å². The van der Waals surface area contributed by atoms with Crippen molar-refractivity contribution in [3.05, 3.63) is 47.5 Å². The summed E-state index contributed by atoms with van der Waals surface area (Å²) in [6.07, 6.45) is 4.38. The second kappa shape index (κ2) is 8.33. The van der Waals surface area contributed by atoms with Gasteiger partial charge in [0.05, 0.1) is 20.3 Å². The van der Waals surface area contributed by atoms with Crippen LogP contribution in [0.3, 0.4) is 0 Å². The third-order valence-corrected chi connectivity index (χ3v) is 3.72. The highest BCUT2D eigenvalue weighted by molar-refractivity contribution is 5.76. The summed E-state index contributed by atoms with van der Waals surface area (Å²) in [5, 5.41) is 9.16. The number of hydrogen-bond acceptors (Lipinski definition) is 4. The quantitative estimate of drug-likeness (QED) is 0.776. The second-order valence-electron chi connectivity index (χ2n) is 5.38. The number of nitrogens with one attached hydrogen (secondary N) is 1. The Bertz CT molecular complexity index is 626. The molecule has 6 heteroatoms. The number of nitrogens with zero attached hydrogens (tertiary/aromatic N) is 2. The molecule has 0 saturated carbocycles. The fourth-order valence-electron chi connectivity index (χ4n) is 2.41. The fourth-order valence-corrected chi connectivity index (χ4v) is 2.41. The average Bonchev–Trinajstić information content (AvgIpc) is 3.06. The Labute approximate surface area is 136 Å². The second-order valence-corrected chi connectivity index (χ2v) is 5.38. The summed E-state index contributed by atoms with van der Waals surface area (Å²) in [7, 11) is 1.64. The highest BCUT2D eigenvalue weighted by Crippen LogP contribution is 2.20. The predicted molar refractivity (Wildman–Crippen MR) is 87.1 cm³/mol. The smallest absolute Gasteiger partial charge is 0.223 e. The maximum absolute atomic E-state index is 12.4. The summed E-state index contributed by atoms with van der Waals surface area (Å²) in [4.78, 5) is 21.1. The predicted octanol–water partition coefficient (Wildman–Crippen LogP) is 1.68. The van der Waals surface area contributed by atoms with E-state index < -0.39 is 0 Å². The van der Waals surface area contributed by atoms with E-state index >= 15 is 0 Å². The van der Waals surface area contributed by atoms with Crippen molar-refractivity contribution in [1.82, 2.24) is 14.9 Å². The third kappa shape index (κ3) is 4.82. The molecule has 0 aliphatic rings. The number of aromatic amines is 1. The Kier molecular flexibility index (Phi) is 6.17. The number of carbonyl (C=O) groups excluding carboxylic acids is 1. The zero-order chi connectivity index (χ0) is 16.7. The summed E-state index contributed by atoms with van der Waals surface area (Å²) in [6.45, 7) is 2.60. The number of amides is 1. The first-order valence-corrected chi connectivity index (χ1v) is 7.64. The number of methoxy groups -OCH3 is 1. The molecule has 124 valence electrons. The van der Waals surface area contributed by atoms with Crippen LogP contribution >= 0.6 is 0 Å². The molecule has 0 unspecified atom stereocenters. The van der Waals surface area contributed by atoms with Crippen LogP contribution in [0.5, 0.6) is 5.75 Å². The van der Waals surface area contributed by atoms with Crippen molar-refractivity contribution >= 4 is 5.91 Å². The lowest BCUT2D eigenvalue weighted by Crippen LogP contribution is -2.33. The van der Waals surface area contributed by atoms with Gasteiger partial charge in [-0.3, -0.25) is 4.79 Å². The van der Waals surface area contributed by atoms with E-state index in [0.29, 0.717) is 31.8 Å². The monoisotopic (exact) mass is 317 g/mol. The minimum atomic E-state index is -0.0647. The van der Waals surface area contributed by atoms with Crippen LogP contribution in [0.25, 0.3) is 0 Å². The molecule has 0 radical (unpaired) electrons. The third-order valence-electron chi connectivity index (χ3n) is 3.72. The molecule has 1 heterocycles. The molecule has 2 rings (SSSR count). The van der Waals surface area contributed by atoms with Crippen molar-refractivity contribution in [3.63, 3.8) is 0 Å². The highest BCUT2D eigenvalue weighted by atomic mass is 16.5. The minimum absolute atomic E-state index is 0.00464. The van der Waals surface area contributed by atoms with E-state index in [1.165, 1.54) is 0 Å². The van der Waals surface area contributed by atoms with Crippen LogP contribution in [0.1, 0.15) is 23.4 Å². The molecule has 1 amide bonds. The molecule has 1 aromatic heterocycles. The molecular weight excluding hydrogens is 294 g/mol. The molecule has 0 bridgehead atoms. The van der Waals surface area contributed by atoms with Gasteiger partial charge in [0.15, 0.2) is 0 Å². The van der Waals surface area contributed by atoms with Crippen molar-refractivity contribution in [2.45, 2.75) is 26.3 Å². The van der Waals surface area contributed by atoms with Crippen LogP contribution in [-0.2, 0) is 17.8 Å². The summed E-state index contributed by atoms with van der Waals surface area (Å²) in [5.74, 6) is 1.54. The van der Waals surface area contributed by atoms with Crippen molar-refractivity contribution < 1.29 is 14.6 Å². The van der Waals surface area contributed by atoms with Gasteiger partial charge in [-0.1, -0.05) is 12.1 Å². The van der Waals surface area contributed by atoms with E-state index in [1.807, 2.05) is 25.1 Å². The molecule has 0 aliphatic heterocycles. The van der Waals surface area contributed by atoms with Gasteiger partial charge in [0.2, 0.25) is 5.91 Å². The van der Waals surface area contributed by atoms with Crippen LogP contribution in [0.2, 0.25) is 0 Å². The van der Waals surface area contributed by atoms with Gasteiger partial charge in [-0.25, -0.2) is 4.98 Å². The first-order valence-electron chi connectivity index (χ1n) is 7.64. The lowest BCUT2D eigenvalue weighted by molar-refractivity contribution is -0.132. The van der Waals surface area contributed by atoms with Gasteiger partial charge in [-0.15, -0.1) is 0 Å². The van der Waals surface area contributed by atoms with E-state index in [-0.39, 0.29) is 12.5 Å². The van der Waals surface area contributed by atoms with Crippen LogP contribution in [0.4, 0.5) is 0 Å². The zero-order valence-corrected chi connectivity index (χ0v) is 13.6. The standard InChI is InChI=1S/C17H23N3O3/c1-13-3-4-14(11-15(13)23-2)5-6-17(22)20(9-10-21)12-16-18-7-8-19-16/h3-4,7-8,11,21H,5-6,9-10,12H2,1-2H3,(H,18,19). The van der Waals surface area contributed by atoms with Crippen molar-refractivity contribution in [2.75, 3.05) is 20.3 Å². The van der Waals surface area contributed by atoms with Crippen LogP contribution in [-0.4, -0.2) is 46.1 Å². The maximum Gasteiger partial charge on any atom is 0.223 e. The number of aromatic nitrogens is 2. The molecule has 1 aromatic carbocycles. The van der Waals surface area contributed by atoms with E-state index in [4.69, 9.17) is 9.84 Å². The molecule has 6 nitrogen and oxygen atoms in total. The topological polar surface area (TPSA) is 78.4 Å². The van der Waals surface area contributed by atoms with E-state index in [0.717, 1.165) is 16.9 Å². The number of hydrogen-bond donors (Lipinski definition) is 2. The van der Waals surface area contributed by atoms with E-state index in [1.54, 1.807) is 24.4 Å². The lowest BCUT2D eigenvalue weighted by Gasteiger charge is -2.20. The van der Waals surface area contributed by atoms with Gasteiger partial charge < -0.3 is 19.7 Å². The molecular formula is C17H23N3O3. The number of H-pyrrole nitrogens is 1. The Morgan fingerprint density at radius 2 is 2.26 bits per heavy atom. The van der Waals surface area contributed by atoms with Crippen molar-refractivity contribution in [3.8, 4) is 5.75 Å². The number of aryl methyl sites for hydroxylation is 2. The van der Waals surface area contributed by atoms with E-state index in [2.05, 4.69) is 9.97 Å². The SMILES string of the molecule is COc1cc(CCC(=O)N(CCO)Cc2ncc[nH]2)ccc1C. The lowest BCUT2D eigenvalue weighted by atomic mass is 10.1. The molecule has 0 saturated heterocycles. The van der Waals surface area contributed by atoms with Gasteiger partial charge in [-0.05, 0) is 30.5 Å². The Balaban J connectivity index is 1.95. The summed E-state index contributed by atoms with van der Waals surface area (Å²) < 4.78 is 5.31. The number of aliphatic hydroxyl groups excluding tert-OH is 1. The van der Waals surface area contributed by atoms with Crippen molar-refractivity contribution in [2.24, 2.45) is 0 Å². The first-order chi connectivity index (χ1) is 11.1. The Morgan fingerprint density at radius 1 is 1.43 bits per heavy atom. The highest BCUT2D eigenvalue weighted by Gasteiger charge is 2.15. The first kappa shape index (κ1) is 17.0. The zero-order valence-electron chi connectivity index (χ0n) is 13.6. The summed E-state index contributed by atoms with van der Waals surface area (Å²) in [5.41, 5.74) is 2.13. The largest absolute Gasteiger partial charge is 0.496 e. The molecule has 23 heavy (non-hydrogen) atoms. The number of rotatable bonds is 8. The summed E-state index contributed by atoms with van der Waals surface area (Å²) >= 11 is 0. The number of ether oxygens (including phenoxy) is 1. The van der Waals surface area contributed by atoms with Gasteiger partial charge in [0.25, 0.3) is 0 Å². The van der Waals surface area contributed by atoms with Crippen LogP contribution < -0.4 is 4.74 Å². The number of aliphatic hydroxyl groups is 1. The van der Waals surface area contributed by atoms with Crippen LogP contribution in [0.15, 0.2) is 30.6 Å². The number of benzene rings is 1. The number of imidazole rings is 1. The molecule has 0 atom stereocenters. The number of carbonyl (C=O) groups is 1. The minimum Gasteiger partial charge on any atom is -0.496 e. The Morgan fingerprint density at radius 3 is 2.91 bits per heavy atom. The average molecular weight is 317 g/mol. The molecule has 0 spiro atoms. The van der Waals surface area contributed by atoms with Crippen molar-refractivity contribution in [1.29, 1.82) is 0 Å². The van der Waals surface area contributed by atoms with Gasteiger partial charge in [0.1, 0.15) is 11.6 Å².